The molecule has 0 amide bonds. The Labute approximate surface area is 240 Å². The van der Waals surface area contributed by atoms with Crippen molar-refractivity contribution >= 4 is 28.8 Å². The first-order valence-corrected chi connectivity index (χ1v) is 12.9. The topological polar surface area (TPSA) is 95.4 Å². The van der Waals surface area contributed by atoms with Crippen LogP contribution in [-0.2, 0) is 4.74 Å². The van der Waals surface area contributed by atoms with Gasteiger partial charge in [-0.05, 0) is 70.9 Å². The summed E-state index contributed by atoms with van der Waals surface area (Å²) in [7, 11) is 3.27. The molecule has 0 spiro atoms. The summed E-state index contributed by atoms with van der Waals surface area (Å²) in [4.78, 5) is 12.0. The zero-order chi connectivity index (χ0) is 27.9. The lowest BCUT2D eigenvalue weighted by Crippen LogP contribution is -2.29. The third kappa shape index (κ3) is 6.26. The van der Waals surface area contributed by atoms with Gasteiger partial charge in [-0.15, -0.1) is 0 Å². The molecule has 1 aliphatic rings. The SMILES string of the molecule is COC1NC=CC=C1c1cccc(-c2cnc(Cl)o2)c1.COc1ncccc1-c1cccc(-c2cnc(Cl)o2)c1. The van der Waals surface area contributed by atoms with Crippen molar-refractivity contribution < 1.29 is 18.3 Å². The molecule has 0 saturated heterocycles. The van der Waals surface area contributed by atoms with Crippen LogP contribution < -0.4 is 10.1 Å². The summed E-state index contributed by atoms with van der Waals surface area (Å²) in [6.45, 7) is 0. The summed E-state index contributed by atoms with van der Waals surface area (Å²) in [5, 5.41) is 3.42. The minimum Gasteiger partial charge on any atom is -0.481 e. The Morgan fingerprint density at radius 2 is 1.40 bits per heavy atom. The number of hydrogen-bond acceptors (Lipinski definition) is 8. The Kier molecular flexibility index (Phi) is 8.61. The summed E-state index contributed by atoms with van der Waals surface area (Å²) >= 11 is 11.4. The maximum Gasteiger partial charge on any atom is 0.292 e. The van der Waals surface area contributed by atoms with Gasteiger partial charge in [0.1, 0.15) is 0 Å². The van der Waals surface area contributed by atoms with Crippen LogP contribution in [0.15, 0.2) is 106 Å². The van der Waals surface area contributed by atoms with Crippen LogP contribution in [0.4, 0.5) is 0 Å². The van der Waals surface area contributed by atoms with Gasteiger partial charge in [0.15, 0.2) is 17.7 Å². The molecule has 0 bridgehead atoms. The molecule has 1 N–H and O–H groups in total. The lowest BCUT2D eigenvalue weighted by molar-refractivity contribution is 0.131. The van der Waals surface area contributed by atoms with Crippen LogP contribution >= 0.6 is 23.2 Å². The van der Waals surface area contributed by atoms with Crippen LogP contribution in [0.2, 0.25) is 10.7 Å². The molecule has 0 saturated carbocycles. The molecule has 0 fully saturated rings. The molecule has 1 aliphatic heterocycles. The number of methoxy groups -OCH3 is 2. The average Bonchev–Trinajstić information content (AvgIpc) is 3.65. The van der Waals surface area contributed by atoms with Crippen molar-refractivity contribution in [2.75, 3.05) is 14.2 Å². The second kappa shape index (κ2) is 12.7. The quantitative estimate of drug-likeness (QED) is 0.222. The largest absolute Gasteiger partial charge is 0.481 e. The maximum absolute atomic E-state index is 5.72. The number of oxazole rings is 2. The highest BCUT2D eigenvalue weighted by Gasteiger charge is 2.17. The zero-order valence-electron chi connectivity index (χ0n) is 21.5. The van der Waals surface area contributed by atoms with Crippen LogP contribution in [0.25, 0.3) is 39.3 Å². The smallest absolute Gasteiger partial charge is 0.292 e. The third-order valence-electron chi connectivity index (χ3n) is 6.00. The van der Waals surface area contributed by atoms with E-state index in [0.29, 0.717) is 17.4 Å². The lowest BCUT2D eigenvalue weighted by atomic mass is 9.99. The van der Waals surface area contributed by atoms with Crippen molar-refractivity contribution in [3.05, 3.63) is 114 Å². The van der Waals surface area contributed by atoms with Crippen LogP contribution in [0.5, 0.6) is 5.88 Å². The highest BCUT2D eigenvalue weighted by molar-refractivity contribution is 6.28. The van der Waals surface area contributed by atoms with E-state index in [1.807, 2.05) is 79.0 Å². The summed E-state index contributed by atoms with van der Waals surface area (Å²) < 4.78 is 21.4. The molecule has 0 aliphatic carbocycles. The molecule has 10 heteroatoms. The van der Waals surface area contributed by atoms with E-state index in [1.54, 1.807) is 32.8 Å². The van der Waals surface area contributed by atoms with Gasteiger partial charge in [-0.1, -0.05) is 42.5 Å². The fraction of sp³-hybridized carbons (Fsp3) is 0.100. The first-order valence-electron chi connectivity index (χ1n) is 12.1. The number of nitrogens with zero attached hydrogens (tertiary/aromatic N) is 3. The van der Waals surface area contributed by atoms with Gasteiger partial charge < -0.3 is 23.6 Å². The second-order valence-corrected chi connectivity index (χ2v) is 9.09. The van der Waals surface area contributed by atoms with E-state index >= 15 is 0 Å². The zero-order valence-corrected chi connectivity index (χ0v) is 23.1. The second-order valence-electron chi connectivity index (χ2n) is 8.44. The monoisotopic (exact) mass is 574 g/mol. The number of halogens is 2. The Morgan fingerprint density at radius 1 is 0.775 bits per heavy atom. The predicted octanol–water partition coefficient (Wildman–Crippen LogP) is 7.53. The number of benzene rings is 2. The molecule has 0 radical (unpaired) electrons. The molecule has 1 unspecified atom stereocenters. The molecule has 4 heterocycles. The molecule has 5 aromatic rings. The van der Waals surface area contributed by atoms with Gasteiger partial charge in [0, 0.05) is 35.6 Å². The van der Waals surface area contributed by atoms with Crippen molar-refractivity contribution in [1.82, 2.24) is 20.3 Å². The average molecular weight is 575 g/mol. The predicted molar refractivity (Wildman–Crippen MR) is 155 cm³/mol. The number of aromatic nitrogens is 3. The van der Waals surface area contributed by atoms with Crippen molar-refractivity contribution in [2.24, 2.45) is 0 Å². The van der Waals surface area contributed by atoms with Gasteiger partial charge in [-0.25, -0.2) is 15.0 Å². The highest BCUT2D eigenvalue weighted by Crippen LogP contribution is 2.32. The molecule has 6 rings (SSSR count). The van der Waals surface area contributed by atoms with Gasteiger partial charge >= 0.3 is 0 Å². The van der Waals surface area contributed by atoms with E-state index in [9.17, 15) is 0 Å². The molecule has 2 aromatic carbocycles. The minimum atomic E-state index is -0.159. The van der Waals surface area contributed by atoms with Gasteiger partial charge in [0.2, 0.25) is 5.88 Å². The normalized spacial score (nSPS) is 14.1. The van der Waals surface area contributed by atoms with Crippen LogP contribution in [0.1, 0.15) is 5.56 Å². The van der Waals surface area contributed by atoms with Gasteiger partial charge in [-0.3, -0.25) is 0 Å². The van der Waals surface area contributed by atoms with Crippen molar-refractivity contribution in [1.29, 1.82) is 0 Å². The van der Waals surface area contributed by atoms with E-state index in [4.69, 9.17) is 41.5 Å². The lowest BCUT2D eigenvalue weighted by Gasteiger charge is -2.22. The fourth-order valence-corrected chi connectivity index (χ4v) is 4.42. The molecule has 1 atom stereocenters. The van der Waals surface area contributed by atoms with Crippen molar-refractivity contribution in [3.63, 3.8) is 0 Å². The van der Waals surface area contributed by atoms with E-state index < -0.39 is 0 Å². The number of pyridine rings is 1. The van der Waals surface area contributed by atoms with Gasteiger partial charge in [0.05, 0.1) is 19.5 Å². The Balaban J connectivity index is 0.000000161. The number of ether oxygens (including phenoxy) is 2. The molecule has 202 valence electrons. The van der Waals surface area contributed by atoms with Crippen molar-refractivity contribution in [2.45, 2.75) is 6.23 Å². The number of hydrogen-bond donors (Lipinski definition) is 1. The molecular formula is C30H24Cl2N4O4. The maximum atomic E-state index is 5.72. The van der Waals surface area contributed by atoms with Crippen LogP contribution in [0, 0.1) is 0 Å². The van der Waals surface area contributed by atoms with Gasteiger partial charge in [-0.2, -0.15) is 0 Å². The number of nitrogens with one attached hydrogen (secondary N) is 1. The highest BCUT2D eigenvalue weighted by atomic mass is 35.5. The molecule has 3 aromatic heterocycles. The molecule has 8 nitrogen and oxygen atoms in total. The summed E-state index contributed by atoms with van der Waals surface area (Å²) in [6.07, 6.45) is 10.6. The fourth-order valence-electron chi connectivity index (χ4n) is 4.15. The number of allylic oxidation sites excluding steroid dienone is 2. The Hall–Kier alpha value is -4.37. The number of rotatable bonds is 6. The van der Waals surface area contributed by atoms with E-state index in [0.717, 1.165) is 33.4 Å². The Bertz CT molecular complexity index is 1660. The number of dihydropyridines is 1. The van der Waals surface area contributed by atoms with E-state index in [1.165, 1.54) is 0 Å². The first kappa shape index (κ1) is 27.2. The summed E-state index contributed by atoms with van der Waals surface area (Å²) in [5.74, 6) is 1.85. The standard InChI is InChI=1S/C15H13ClN2O2.C15H11ClN2O2/c2*1-19-14-12(6-3-7-17-14)10-4-2-5-11(8-10)13-9-18-15(16)20-13/h2-9,14,17H,1H3;2-9H,1H3. The van der Waals surface area contributed by atoms with Crippen LogP contribution in [-0.4, -0.2) is 35.4 Å². The first-order chi connectivity index (χ1) is 19.6. The third-order valence-corrected chi connectivity index (χ3v) is 6.35. The Morgan fingerprint density at radius 3 is 2.00 bits per heavy atom. The molecular weight excluding hydrogens is 551 g/mol. The van der Waals surface area contributed by atoms with Gasteiger partial charge in [0.25, 0.3) is 10.7 Å². The molecule has 40 heavy (non-hydrogen) atoms. The van der Waals surface area contributed by atoms with Crippen LogP contribution in [0.3, 0.4) is 0 Å². The minimum absolute atomic E-state index is 0.129. The summed E-state index contributed by atoms with van der Waals surface area (Å²) in [5.41, 5.74) is 5.84. The van der Waals surface area contributed by atoms with Crippen molar-refractivity contribution in [3.8, 4) is 39.7 Å². The van der Waals surface area contributed by atoms with E-state index in [2.05, 4.69) is 20.3 Å². The van der Waals surface area contributed by atoms with E-state index in [-0.39, 0.29) is 16.9 Å². The summed E-state index contributed by atoms with van der Waals surface area (Å²) in [6, 6.07) is 19.6.